The van der Waals surface area contributed by atoms with Crippen LogP contribution in [-0.4, -0.2) is 27.0 Å². The Balaban J connectivity index is 1.43. The highest BCUT2D eigenvalue weighted by atomic mass is 19.1. The Hall–Kier alpha value is -4.01. The number of ether oxygens (including phenoxy) is 1. The fraction of sp³-hybridized carbons (Fsp3) is 0.217. The van der Waals surface area contributed by atoms with E-state index < -0.39 is 5.82 Å². The van der Waals surface area contributed by atoms with Crippen LogP contribution in [0.2, 0.25) is 0 Å². The lowest BCUT2D eigenvalue weighted by Gasteiger charge is -2.13. The first-order chi connectivity index (χ1) is 15.6. The van der Waals surface area contributed by atoms with Crippen molar-refractivity contribution in [1.29, 1.82) is 0 Å². The van der Waals surface area contributed by atoms with Crippen LogP contribution >= 0.6 is 0 Å². The summed E-state index contributed by atoms with van der Waals surface area (Å²) >= 11 is 0. The number of aromatic nitrogens is 3. The normalized spacial score (nSPS) is 13.4. The van der Waals surface area contributed by atoms with Crippen molar-refractivity contribution in [3.05, 3.63) is 67.3 Å². The van der Waals surface area contributed by atoms with E-state index in [0.717, 1.165) is 19.0 Å². The first-order valence-electron chi connectivity index (χ1n) is 10.3. The summed E-state index contributed by atoms with van der Waals surface area (Å²) in [5, 5.41) is 8.56. The molecule has 1 aliphatic carbocycles. The number of carbonyl (C=O) groups excluding carboxylic acids is 1. The summed E-state index contributed by atoms with van der Waals surface area (Å²) in [4.78, 5) is 24.0. The van der Waals surface area contributed by atoms with Gasteiger partial charge in [0.2, 0.25) is 17.7 Å². The predicted molar refractivity (Wildman–Crippen MR) is 121 cm³/mol. The maximum Gasteiger partial charge on any atom is 0.247 e. The minimum Gasteiger partial charge on any atom is -0.474 e. The summed E-state index contributed by atoms with van der Waals surface area (Å²) in [5.74, 6) is -0.182. The molecule has 32 heavy (non-hydrogen) atoms. The lowest BCUT2D eigenvalue weighted by Crippen LogP contribution is -2.11. The van der Waals surface area contributed by atoms with E-state index in [1.165, 1.54) is 18.9 Å². The second-order valence-corrected chi connectivity index (χ2v) is 7.32. The second kappa shape index (κ2) is 9.86. The molecule has 9 heteroatoms. The highest BCUT2D eigenvalue weighted by Gasteiger charge is 2.17. The molecule has 1 aliphatic rings. The number of pyridine rings is 1. The van der Waals surface area contributed by atoms with Gasteiger partial charge in [-0.1, -0.05) is 12.6 Å². The van der Waals surface area contributed by atoms with E-state index >= 15 is 0 Å². The Labute approximate surface area is 185 Å². The molecule has 0 radical (unpaired) electrons. The van der Waals surface area contributed by atoms with Gasteiger partial charge in [-0.25, -0.2) is 14.4 Å². The molecule has 0 unspecified atom stereocenters. The molecule has 3 aromatic rings. The van der Waals surface area contributed by atoms with Crippen molar-refractivity contribution in [2.75, 3.05) is 16.0 Å². The van der Waals surface area contributed by atoms with Crippen LogP contribution in [0.4, 0.5) is 33.2 Å². The van der Waals surface area contributed by atoms with Crippen LogP contribution in [0.5, 0.6) is 5.88 Å². The van der Waals surface area contributed by atoms with Crippen LogP contribution in [0, 0.1) is 5.82 Å². The highest BCUT2D eigenvalue weighted by molar-refractivity contribution is 5.99. The first-order valence-corrected chi connectivity index (χ1v) is 10.3. The number of anilines is 5. The maximum atomic E-state index is 14.3. The summed E-state index contributed by atoms with van der Waals surface area (Å²) in [7, 11) is 0. The second-order valence-electron chi connectivity index (χ2n) is 7.32. The molecular formula is C23H23FN6O2. The summed E-state index contributed by atoms with van der Waals surface area (Å²) in [6.45, 7) is 3.42. The van der Waals surface area contributed by atoms with Gasteiger partial charge in [0.25, 0.3) is 0 Å². The van der Waals surface area contributed by atoms with Gasteiger partial charge < -0.3 is 20.7 Å². The standard InChI is InChI=1S/C23H23FN6O2/c1-2-20(31)27-15-6-5-7-16(12-15)28-22-19(24)14-26-23(30-22)29-17-10-11-21(25-13-17)32-18-8-3-4-9-18/h2,5-7,10-14,18H,1,3-4,8-9H2,(H,27,31)(H2,26,28,29,30). The van der Waals surface area contributed by atoms with Gasteiger partial charge in [0.05, 0.1) is 18.1 Å². The number of rotatable bonds is 8. The summed E-state index contributed by atoms with van der Waals surface area (Å²) < 4.78 is 20.1. The minimum atomic E-state index is -0.616. The van der Waals surface area contributed by atoms with Crippen molar-refractivity contribution in [1.82, 2.24) is 15.0 Å². The number of nitrogens with one attached hydrogen (secondary N) is 3. The van der Waals surface area contributed by atoms with Crippen LogP contribution in [0.15, 0.2) is 61.4 Å². The molecule has 1 fully saturated rings. The zero-order valence-electron chi connectivity index (χ0n) is 17.3. The lowest BCUT2D eigenvalue weighted by atomic mass is 10.2. The minimum absolute atomic E-state index is 0.0103. The van der Waals surface area contributed by atoms with Gasteiger partial charge in [0.1, 0.15) is 6.10 Å². The molecule has 8 nitrogen and oxygen atoms in total. The van der Waals surface area contributed by atoms with E-state index in [0.29, 0.717) is 22.9 Å². The van der Waals surface area contributed by atoms with Crippen molar-refractivity contribution < 1.29 is 13.9 Å². The number of amides is 1. The van der Waals surface area contributed by atoms with Crippen LogP contribution in [-0.2, 0) is 4.79 Å². The molecule has 1 saturated carbocycles. The van der Waals surface area contributed by atoms with E-state index in [1.807, 2.05) is 6.07 Å². The Bertz CT molecular complexity index is 1100. The Morgan fingerprint density at radius 3 is 2.62 bits per heavy atom. The monoisotopic (exact) mass is 434 g/mol. The molecule has 0 atom stereocenters. The molecule has 0 bridgehead atoms. The molecule has 2 heterocycles. The quantitative estimate of drug-likeness (QED) is 0.432. The van der Waals surface area contributed by atoms with E-state index in [9.17, 15) is 9.18 Å². The van der Waals surface area contributed by atoms with E-state index in [1.54, 1.807) is 36.5 Å². The number of halogens is 1. The smallest absolute Gasteiger partial charge is 0.247 e. The SMILES string of the molecule is C=CC(=O)Nc1cccc(Nc2nc(Nc3ccc(OC4CCCC4)nc3)ncc2F)c1. The Kier molecular flexibility index (Phi) is 6.54. The Morgan fingerprint density at radius 1 is 1.06 bits per heavy atom. The van der Waals surface area contributed by atoms with Gasteiger partial charge in [-0.15, -0.1) is 0 Å². The fourth-order valence-electron chi connectivity index (χ4n) is 3.35. The van der Waals surface area contributed by atoms with E-state index in [2.05, 4.69) is 37.5 Å². The topological polar surface area (TPSA) is 101 Å². The van der Waals surface area contributed by atoms with Gasteiger partial charge in [-0.2, -0.15) is 4.98 Å². The molecule has 0 saturated heterocycles. The van der Waals surface area contributed by atoms with Gasteiger partial charge in [-0.05, 0) is 56.0 Å². The van der Waals surface area contributed by atoms with Gasteiger partial charge in [0, 0.05) is 17.4 Å². The van der Waals surface area contributed by atoms with E-state index in [4.69, 9.17) is 4.74 Å². The molecule has 1 aromatic carbocycles. The zero-order valence-corrected chi connectivity index (χ0v) is 17.3. The molecule has 164 valence electrons. The summed E-state index contributed by atoms with van der Waals surface area (Å²) in [6.07, 6.45) is 8.60. The van der Waals surface area contributed by atoms with Crippen molar-refractivity contribution in [2.45, 2.75) is 31.8 Å². The van der Waals surface area contributed by atoms with Crippen LogP contribution in [0.25, 0.3) is 0 Å². The van der Waals surface area contributed by atoms with Gasteiger partial charge >= 0.3 is 0 Å². The Morgan fingerprint density at radius 2 is 1.88 bits per heavy atom. The number of benzene rings is 1. The highest BCUT2D eigenvalue weighted by Crippen LogP contribution is 2.25. The molecule has 1 amide bonds. The van der Waals surface area contributed by atoms with Gasteiger partial charge in [0.15, 0.2) is 11.6 Å². The fourth-order valence-corrected chi connectivity index (χ4v) is 3.35. The lowest BCUT2D eigenvalue weighted by molar-refractivity contribution is -0.111. The first kappa shape index (κ1) is 21.2. The molecular weight excluding hydrogens is 411 g/mol. The van der Waals surface area contributed by atoms with E-state index in [-0.39, 0.29) is 23.8 Å². The molecule has 2 aromatic heterocycles. The number of hydrogen-bond donors (Lipinski definition) is 3. The summed E-state index contributed by atoms with van der Waals surface area (Å²) in [6, 6.07) is 10.4. The number of hydrogen-bond acceptors (Lipinski definition) is 7. The number of nitrogens with zero attached hydrogens (tertiary/aromatic N) is 3. The van der Waals surface area contributed by atoms with Crippen LogP contribution in [0.1, 0.15) is 25.7 Å². The van der Waals surface area contributed by atoms with Crippen molar-refractivity contribution in [3.8, 4) is 5.88 Å². The third-order valence-electron chi connectivity index (χ3n) is 4.90. The molecule has 4 rings (SSSR count). The maximum absolute atomic E-state index is 14.3. The van der Waals surface area contributed by atoms with Crippen LogP contribution < -0.4 is 20.7 Å². The van der Waals surface area contributed by atoms with Crippen molar-refractivity contribution in [3.63, 3.8) is 0 Å². The third-order valence-corrected chi connectivity index (χ3v) is 4.90. The molecule has 0 aliphatic heterocycles. The zero-order chi connectivity index (χ0) is 22.3. The largest absolute Gasteiger partial charge is 0.474 e. The van der Waals surface area contributed by atoms with Crippen LogP contribution in [0.3, 0.4) is 0 Å². The summed E-state index contributed by atoms with van der Waals surface area (Å²) in [5.41, 5.74) is 1.74. The average molecular weight is 434 g/mol. The molecule has 0 spiro atoms. The third kappa shape index (κ3) is 5.57. The number of carbonyl (C=O) groups is 1. The molecule has 3 N–H and O–H groups in total. The average Bonchev–Trinajstić information content (AvgIpc) is 3.31. The van der Waals surface area contributed by atoms with Crippen molar-refractivity contribution in [2.24, 2.45) is 0 Å². The van der Waals surface area contributed by atoms with Crippen molar-refractivity contribution >= 4 is 34.7 Å². The predicted octanol–water partition coefficient (Wildman–Crippen LogP) is 4.94. The van der Waals surface area contributed by atoms with Gasteiger partial charge in [-0.3, -0.25) is 4.79 Å².